The lowest BCUT2D eigenvalue weighted by Gasteiger charge is -2.31. The van der Waals surface area contributed by atoms with E-state index in [1.165, 1.54) is 7.11 Å². The minimum absolute atomic E-state index is 0.0667. The van der Waals surface area contributed by atoms with Gasteiger partial charge in [-0.1, -0.05) is 6.07 Å². The Labute approximate surface area is 175 Å². The second kappa shape index (κ2) is 7.52. The van der Waals surface area contributed by atoms with Crippen LogP contribution in [0.15, 0.2) is 34.9 Å². The Hall–Kier alpha value is -2.14. The van der Waals surface area contributed by atoms with Gasteiger partial charge in [0.2, 0.25) is 0 Å². The Morgan fingerprint density at radius 3 is 2.30 bits per heavy atom. The quantitative estimate of drug-likeness (QED) is 0.618. The third-order valence-electron chi connectivity index (χ3n) is 4.98. The van der Waals surface area contributed by atoms with Crippen molar-refractivity contribution < 1.29 is 41.0 Å². The molecule has 0 bridgehead atoms. The number of nitrogens with zero attached hydrogens (tertiary/aromatic N) is 1. The predicted molar refractivity (Wildman–Crippen MR) is 96.2 cm³/mol. The number of hydrogen-bond donors (Lipinski definition) is 1. The first-order valence-corrected chi connectivity index (χ1v) is 9.30. The number of fused-ring (bicyclic) bond motifs is 1. The van der Waals surface area contributed by atoms with E-state index in [4.69, 9.17) is 4.74 Å². The predicted octanol–water partition coefficient (Wildman–Crippen LogP) is 4.76. The molecule has 4 nitrogen and oxygen atoms in total. The van der Waals surface area contributed by atoms with Gasteiger partial charge in [0.25, 0.3) is 5.60 Å². The van der Waals surface area contributed by atoms with Crippen LogP contribution in [0, 0.1) is 5.92 Å². The van der Waals surface area contributed by atoms with Crippen LogP contribution in [-0.4, -0.2) is 35.3 Å². The van der Waals surface area contributed by atoms with Gasteiger partial charge in [-0.25, -0.2) is 0 Å². The summed E-state index contributed by atoms with van der Waals surface area (Å²) in [7, 11) is 1.44. The van der Waals surface area contributed by atoms with Gasteiger partial charge in [0, 0.05) is 17.7 Å². The molecule has 2 aromatic rings. The normalized spacial score (nSPS) is 17.2. The Morgan fingerprint density at radius 2 is 1.80 bits per heavy atom. The molecular formula is C19H14BrF6NO3. The molecule has 30 heavy (non-hydrogen) atoms. The van der Waals surface area contributed by atoms with E-state index >= 15 is 0 Å². The van der Waals surface area contributed by atoms with Gasteiger partial charge < -0.3 is 9.84 Å². The van der Waals surface area contributed by atoms with Crippen LogP contribution in [0.3, 0.4) is 0 Å². The van der Waals surface area contributed by atoms with Crippen molar-refractivity contribution in [2.24, 2.45) is 5.92 Å². The molecule has 1 aliphatic carbocycles. The van der Waals surface area contributed by atoms with Crippen LogP contribution in [0.2, 0.25) is 0 Å². The Kier molecular flexibility index (Phi) is 5.65. The molecule has 1 aromatic carbocycles. The third-order valence-corrected chi connectivity index (χ3v) is 5.60. The van der Waals surface area contributed by atoms with Crippen molar-refractivity contribution in [3.63, 3.8) is 0 Å². The average molecular weight is 498 g/mol. The van der Waals surface area contributed by atoms with Gasteiger partial charge in [0.05, 0.1) is 17.3 Å². The number of halogens is 7. The first kappa shape index (κ1) is 22.5. The lowest BCUT2D eigenvalue weighted by Crippen LogP contribution is -2.54. The molecule has 0 aliphatic heterocycles. The van der Waals surface area contributed by atoms with E-state index in [0.717, 1.165) is 17.8 Å². The molecule has 1 heterocycles. The van der Waals surface area contributed by atoms with Gasteiger partial charge in [0.15, 0.2) is 5.78 Å². The number of ether oxygens (including phenoxy) is 1. The molecule has 0 saturated carbocycles. The second-order valence-corrected chi connectivity index (χ2v) is 7.73. The summed E-state index contributed by atoms with van der Waals surface area (Å²) in [5.74, 6) is -0.287. The highest BCUT2D eigenvalue weighted by atomic mass is 79.9. The van der Waals surface area contributed by atoms with Crippen molar-refractivity contribution in [1.29, 1.82) is 0 Å². The second-order valence-electron chi connectivity index (χ2n) is 6.87. The number of aliphatic hydroxyl groups is 1. The monoisotopic (exact) mass is 497 g/mol. The van der Waals surface area contributed by atoms with Crippen molar-refractivity contribution >= 4 is 21.7 Å². The topological polar surface area (TPSA) is 59.4 Å². The lowest BCUT2D eigenvalue weighted by molar-refractivity contribution is -0.377. The molecule has 1 aromatic heterocycles. The number of benzene rings is 1. The van der Waals surface area contributed by atoms with Crippen molar-refractivity contribution in [3.8, 4) is 5.75 Å². The largest absolute Gasteiger partial charge is 0.496 e. The van der Waals surface area contributed by atoms with Crippen molar-refractivity contribution in [3.05, 3.63) is 57.3 Å². The number of carbonyl (C=O) groups is 1. The van der Waals surface area contributed by atoms with Crippen LogP contribution in [0.4, 0.5) is 26.3 Å². The number of hydrogen-bond acceptors (Lipinski definition) is 4. The molecule has 1 N–H and O–H groups in total. The zero-order valence-electron chi connectivity index (χ0n) is 15.2. The first-order valence-electron chi connectivity index (χ1n) is 8.51. The number of Topliss-reactive ketones (excluding diaryl/α,β-unsaturated/α-hetero) is 1. The minimum Gasteiger partial charge on any atom is -0.496 e. The highest BCUT2D eigenvalue weighted by Crippen LogP contribution is 2.49. The molecule has 11 heteroatoms. The molecule has 0 spiro atoms. The summed E-state index contributed by atoms with van der Waals surface area (Å²) in [6.45, 7) is 0. The average Bonchev–Trinajstić information content (AvgIpc) is 2.93. The number of methoxy groups -OCH3 is 1. The molecular weight excluding hydrogens is 484 g/mol. The van der Waals surface area contributed by atoms with Crippen LogP contribution >= 0.6 is 15.9 Å². The van der Waals surface area contributed by atoms with Crippen molar-refractivity contribution in [2.75, 3.05) is 7.11 Å². The molecule has 1 atom stereocenters. The standard InChI is InChI=1S/C19H14BrF6NO3/c1-30-14-7-12-10(6-13(14)20)5-11(16(12)28)4-9-2-3-15(27-8-9)17(29,18(21,22)23)19(24,25)26/h2-3,6-8,11,29H,4-5H2,1H3. The molecule has 162 valence electrons. The van der Waals surface area contributed by atoms with Crippen molar-refractivity contribution in [2.45, 2.75) is 30.8 Å². The maximum atomic E-state index is 12.9. The van der Waals surface area contributed by atoms with Gasteiger partial charge in [0.1, 0.15) is 5.75 Å². The van der Waals surface area contributed by atoms with E-state index < -0.39 is 29.6 Å². The number of alkyl halides is 6. The molecule has 1 aliphatic rings. The minimum atomic E-state index is -6.00. The van der Waals surface area contributed by atoms with Crippen LogP contribution in [-0.2, 0) is 18.4 Å². The van der Waals surface area contributed by atoms with Gasteiger partial charge in [-0.15, -0.1) is 0 Å². The fourth-order valence-corrected chi connectivity index (χ4v) is 3.94. The first-order chi connectivity index (χ1) is 13.8. The number of carbonyl (C=O) groups excluding carboxylic acids is 1. The molecule has 3 rings (SSSR count). The highest BCUT2D eigenvalue weighted by molar-refractivity contribution is 9.10. The summed E-state index contributed by atoms with van der Waals surface area (Å²) in [5.41, 5.74) is -5.19. The Balaban J connectivity index is 1.84. The fourth-order valence-electron chi connectivity index (χ4n) is 3.39. The Morgan fingerprint density at radius 1 is 1.17 bits per heavy atom. The summed E-state index contributed by atoms with van der Waals surface area (Å²) in [4.78, 5) is 15.9. The molecule has 0 fully saturated rings. The summed E-state index contributed by atoms with van der Waals surface area (Å²) in [5, 5.41) is 9.38. The summed E-state index contributed by atoms with van der Waals surface area (Å²) >= 11 is 3.32. The van der Waals surface area contributed by atoms with Crippen molar-refractivity contribution in [1.82, 2.24) is 4.98 Å². The summed E-state index contributed by atoms with van der Waals surface area (Å²) in [6.07, 6.45) is -10.8. The molecule has 1 unspecified atom stereocenters. The zero-order valence-corrected chi connectivity index (χ0v) is 16.8. The van der Waals surface area contributed by atoms with Gasteiger partial charge >= 0.3 is 12.4 Å². The van der Waals surface area contributed by atoms with Gasteiger partial charge in [-0.3, -0.25) is 9.78 Å². The number of ketones is 1. The fraction of sp³-hybridized carbons (Fsp3) is 0.368. The zero-order chi connectivity index (χ0) is 22.5. The van der Waals surface area contributed by atoms with E-state index in [1.54, 1.807) is 12.1 Å². The van der Waals surface area contributed by atoms with Crippen LogP contribution in [0.25, 0.3) is 0 Å². The Bertz CT molecular complexity index is 958. The highest BCUT2D eigenvalue weighted by Gasteiger charge is 2.72. The molecule has 0 saturated heterocycles. The SMILES string of the molecule is COc1cc2c(cc1Br)CC(Cc1ccc(C(O)(C(F)(F)F)C(F)(F)F)nc1)C2=O. The number of aromatic nitrogens is 1. The van der Waals surface area contributed by atoms with E-state index in [9.17, 15) is 36.2 Å². The van der Waals surface area contributed by atoms with E-state index in [-0.39, 0.29) is 17.8 Å². The van der Waals surface area contributed by atoms with Gasteiger partial charge in [-0.05, 0) is 58.1 Å². The third kappa shape index (κ3) is 3.68. The smallest absolute Gasteiger partial charge is 0.432 e. The summed E-state index contributed by atoms with van der Waals surface area (Å²) in [6, 6.07) is 4.79. The van der Waals surface area contributed by atoms with Gasteiger partial charge in [-0.2, -0.15) is 26.3 Å². The lowest BCUT2D eigenvalue weighted by atomic mass is 9.94. The maximum Gasteiger partial charge on any atom is 0.432 e. The van der Waals surface area contributed by atoms with E-state index in [1.807, 2.05) is 0 Å². The van der Waals surface area contributed by atoms with E-state index in [2.05, 4.69) is 20.9 Å². The number of pyridine rings is 1. The maximum absolute atomic E-state index is 12.9. The molecule has 0 radical (unpaired) electrons. The summed E-state index contributed by atoms with van der Waals surface area (Å²) < 4.78 is 83.5. The number of rotatable bonds is 4. The molecule has 0 amide bonds. The van der Waals surface area contributed by atoms with Crippen LogP contribution in [0.1, 0.15) is 27.2 Å². The van der Waals surface area contributed by atoms with Crippen LogP contribution < -0.4 is 4.74 Å². The van der Waals surface area contributed by atoms with E-state index in [0.29, 0.717) is 28.3 Å². The van der Waals surface area contributed by atoms with Crippen LogP contribution in [0.5, 0.6) is 5.75 Å².